The topological polar surface area (TPSA) is 106 Å². The second kappa shape index (κ2) is 5.76. The van der Waals surface area contributed by atoms with Gasteiger partial charge in [-0.05, 0) is 24.3 Å². The van der Waals surface area contributed by atoms with Crippen LogP contribution in [-0.4, -0.2) is 20.5 Å². The number of hydrogen-bond acceptors (Lipinski definition) is 6. The highest BCUT2D eigenvalue weighted by Gasteiger charge is 2.19. The lowest BCUT2D eigenvalue weighted by atomic mass is 10.3. The molecule has 0 radical (unpaired) electrons. The summed E-state index contributed by atoms with van der Waals surface area (Å²) in [6.45, 7) is 0. The fraction of sp³-hybridized carbons (Fsp3) is 0.0833. The van der Waals surface area contributed by atoms with Crippen LogP contribution in [0.15, 0.2) is 47.5 Å². The average Bonchev–Trinajstić information content (AvgIpc) is 2.47. The summed E-state index contributed by atoms with van der Waals surface area (Å²) in [5, 5.41) is 0. The minimum atomic E-state index is -3.79. The number of benzene rings is 1. The molecule has 0 fully saturated rings. The molecule has 0 saturated heterocycles. The van der Waals surface area contributed by atoms with Gasteiger partial charge in [0.15, 0.2) is 5.82 Å². The third-order valence-corrected chi connectivity index (χ3v) is 3.93. The van der Waals surface area contributed by atoms with E-state index in [9.17, 15) is 8.42 Å². The number of rotatable bonds is 5. The van der Waals surface area contributed by atoms with Crippen molar-refractivity contribution in [1.29, 1.82) is 0 Å². The number of pyridine rings is 1. The number of sulfonamides is 1. The smallest absolute Gasteiger partial charge is 0.265 e. The third kappa shape index (κ3) is 2.98. The summed E-state index contributed by atoms with van der Waals surface area (Å²) in [4.78, 5) is 3.82. The molecule has 0 amide bonds. The molecule has 1 heterocycles. The van der Waals surface area contributed by atoms with Crippen LogP contribution >= 0.6 is 0 Å². The molecule has 7 nitrogen and oxygen atoms in total. The third-order valence-electron chi connectivity index (χ3n) is 2.52. The largest absolute Gasteiger partial charge is 0.497 e. The number of nitrogens with zero attached hydrogens (tertiary/aromatic N) is 1. The number of hydrogen-bond donors (Lipinski definition) is 3. The summed E-state index contributed by atoms with van der Waals surface area (Å²) in [6.07, 6.45) is 1.44. The van der Waals surface area contributed by atoms with E-state index in [-0.39, 0.29) is 10.7 Å². The molecule has 8 heteroatoms. The van der Waals surface area contributed by atoms with Crippen LogP contribution in [0.2, 0.25) is 0 Å². The molecule has 0 aliphatic carbocycles. The van der Waals surface area contributed by atoms with Crippen LogP contribution in [0.3, 0.4) is 0 Å². The Labute approximate surface area is 116 Å². The SMILES string of the molecule is COc1cccc(NS(=O)(=O)c2cccnc2NN)c1. The lowest BCUT2D eigenvalue weighted by molar-refractivity contribution is 0.415. The number of anilines is 2. The Bertz CT molecular complexity index is 703. The van der Waals surface area contributed by atoms with Gasteiger partial charge < -0.3 is 10.2 Å². The molecular weight excluding hydrogens is 280 g/mol. The first-order valence-electron chi connectivity index (χ1n) is 5.65. The van der Waals surface area contributed by atoms with Crippen molar-refractivity contribution in [3.8, 4) is 5.75 Å². The lowest BCUT2D eigenvalue weighted by Gasteiger charge is -2.11. The van der Waals surface area contributed by atoms with E-state index in [1.807, 2.05) is 0 Å². The Balaban J connectivity index is 2.35. The fourth-order valence-electron chi connectivity index (χ4n) is 1.61. The number of methoxy groups -OCH3 is 1. The molecule has 0 bridgehead atoms. The van der Waals surface area contributed by atoms with Crippen LogP contribution in [0.25, 0.3) is 0 Å². The fourth-order valence-corrected chi connectivity index (χ4v) is 2.78. The molecule has 0 unspecified atom stereocenters. The zero-order chi connectivity index (χ0) is 14.6. The predicted octanol–water partition coefficient (Wildman–Crippen LogP) is 1.18. The quantitative estimate of drug-likeness (QED) is 0.564. The molecular formula is C12H14N4O3S. The van der Waals surface area contributed by atoms with Crippen molar-refractivity contribution >= 4 is 21.5 Å². The van der Waals surface area contributed by atoms with Gasteiger partial charge in [-0.2, -0.15) is 0 Å². The van der Waals surface area contributed by atoms with E-state index in [0.29, 0.717) is 11.4 Å². The molecule has 1 aromatic carbocycles. The van der Waals surface area contributed by atoms with Crippen molar-refractivity contribution in [2.45, 2.75) is 4.90 Å². The zero-order valence-electron chi connectivity index (χ0n) is 10.7. The Hall–Kier alpha value is -2.32. The molecule has 0 atom stereocenters. The molecule has 2 aromatic rings. The first-order chi connectivity index (χ1) is 9.56. The van der Waals surface area contributed by atoms with Gasteiger partial charge in [-0.15, -0.1) is 0 Å². The number of aromatic nitrogens is 1. The van der Waals surface area contributed by atoms with E-state index in [1.54, 1.807) is 24.3 Å². The zero-order valence-corrected chi connectivity index (χ0v) is 11.5. The number of nitrogens with two attached hydrogens (primary N) is 1. The van der Waals surface area contributed by atoms with Gasteiger partial charge in [0.2, 0.25) is 0 Å². The molecule has 0 saturated carbocycles. The van der Waals surface area contributed by atoms with Gasteiger partial charge in [0.05, 0.1) is 12.8 Å². The van der Waals surface area contributed by atoms with Crippen LogP contribution in [0.4, 0.5) is 11.5 Å². The first-order valence-corrected chi connectivity index (χ1v) is 7.13. The van der Waals surface area contributed by atoms with Crippen molar-refractivity contribution in [1.82, 2.24) is 4.98 Å². The number of nitrogens with one attached hydrogen (secondary N) is 2. The summed E-state index contributed by atoms with van der Waals surface area (Å²) in [7, 11) is -2.29. The molecule has 106 valence electrons. The van der Waals surface area contributed by atoms with Gasteiger partial charge in [-0.3, -0.25) is 4.72 Å². The molecule has 0 aliphatic rings. The molecule has 1 aromatic heterocycles. The maximum Gasteiger partial charge on any atom is 0.265 e. The second-order valence-electron chi connectivity index (χ2n) is 3.83. The maximum atomic E-state index is 12.3. The minimum absolute atomic E-state index is 0.0367. The van der Waals surface area contributed by atoms with Gasteiger partial charge >= 0.3 is 0 Å². The van der Waals surface area contributed by atoms with E-state index < -0.39 is 10.0 Å². The Morgan fingerprint density at radius 2 is 2.05 bits per heavy atom. The number of nitrogen functional groups attached to an aromatic ring is 1. The van der Waals surface area contributed by atoms with Gasteiger partial charge in [0, 0.05) is 12.3 Å². The normalized spacial score (nSPS) is 10.9. The van der Waals surface area contributed by atoms with Gasteiger partial charge in [-0.1, -0.05) is 6.07 Å². The molecule has 2 rings (SSSR count). The van der Waals surface area contributed by atoms with Crippen molar-refractivity contribution in [3.05, 3.63) is 42.6 Å². The summed E-state index contributed by atoms with van der Waals surface area (Å²) in [5.41, 5.74) is 2.64. The summed E-state index contributed by atoms with van der Waals surface area (Å²) in [6, 6.07) is 9.51. The van der Waals surface area contributed by atoms with Crippen LogP contribution in [0, 0.1) is 0 Å². The Morgan fingerprint density at radius 1 is 1.25 bits per heavy atom. The Kier molecular flexibility index (Phi) is 4.06. The highest BCUT2D eigenvalue weighted by Crippen LogP contribution is 2.23. The van der Waals surface area contributed by atoms with Crippen molar-refractivity contribution < 1.29 is 13.2 Å². The number of hydrazine groups is 1. The monoisotopic (exact) mass is 294 g/mol. The molecule has 20 heavy (non-hydrogen) atoms. The van der Waals surface area contributed by atoms with Gasteiger partial charge in [0.25, 0.3) is 10.0 Å². The Morgan fingerprint density at radius 3 is 2.75 bits per heavy atom. The lowest BCUT2D eigenvalue weighted by Crippen LogP contribution is -2.18. The van der Waals surface area contributed by atoms with Gasteiger partial charge in [0.1, 0.15) is 10.6 Å². The molecule has 0 spiro atoms. The van der Waals surface area contributed by atoms with Crippen LogP contribution in [0.5, 0.6) is 5.75 Å². The van der Waals surface area contributed by atoms with E-state index in [2.05, 4.69) is 15.1 Å². The first kappa shape index (κ1) is 14.1. The van der Waals surface area contributed by atoms with E-state index in [4.69, 9.17) is 10.6 Å². The number of ether oxygens (including phenoxy) is 1. The van der Waals surface area contributed by atoms with E-state index in [0.717, 1.165) is 0 Å². The summed E-state index contributed by atoms with van der Waals surface area (Å²) in [5.74, 6) is 5.88. The van der Waals surface area contributed by atoms with Crippen LogP contribution < -0.4 is 20.7 Å². The van der Waals surface area contributed by atoms with Crippen LogP contribution in [-0.2, 0) is 10.0 Å². The van der Waals surface area contributed by atoms with E-state index >= 15 is 0 Å². The van der Waals surface area contributed by atoms with Gasteiger partial charge in [-0.25, -0.2) is 19.2 Å². The highest BCUT2D eigenvalue weighted by atomic mass is 32.2. The highest BCUT2D eigenvalue weighted by molar-refractivity contribution is 7.92. The second-order valence-corrected chi connectivity index (χ2v) is 5.48. The van der Waals surface area contributed by atoms with Crippen molar-refractivity contribution in [2.24, 2.45) is 5.84 Å². The summed E-state index contributed by atoms with van der Waals surface area (Å²) >= 11 is 0. The van der Waals surface area contributed by atoms with Crippen molar-refractivity contribution in [3.63, 3.8) is 0 Å². The average molecular weight is 294 g/mol. The molecule has 0 aliphatic heterocycles. The van der Waals surface area contributed by atoms with E-state index in [1.165, 1.54) is 25.4 Å². The minimum Gasteiger partial charge on any atom is -0.497 e. The van der Waals surface area contributed by atoms with Crippen LogP contribution in [0.1, 0.15) is 0 Å². The maximum absolute atomic E-state index is 12.3. The van der Waals surface area contributed by atoms with Crippen molar-refractivity contribution in [2.75, 3.05) is 17.3 Å². The standard InChI is InChI=1S/C12H14N4O3S/c1-19-10-5-2-4-9(8-10)16-20(17,18)11-6-3-7-14-12(11)15-13/h2-8,16H,13H2,1H3,(H,14,15). The predicted molar refractivity (Wildman–Crippen MR) is 75.8 cm³/mol. The molecule has 4 N–H and O–H groups in total. The summed E-state index contributed by atoms with van der Waals surface area (Å²) < 4.78 is 32.1.